The first-order chi connectivity index (χ1) is 7.65. The molecule has 4 heteroatoms. The van der Waals surface area contributed by atoms with Gasteiger partial charge >= 0.3 is 0 Å². The van der Waals surface area contributed by atoms with Crippen molar-refractivity contribution in [1.29, 1.82) is 0 Å². The number of nitrogens with one attached hydrogen (secondary N) is 1. The molecule has 16 heavy (non-hydrogen) atoms. The van der Waals surface area contributed by atoms with Crippen molar-refractivity contribution in [2.75, 3.05) is 19.7 Å². The first-order valence-corrected chi connectivity index (χ1v) is 5.79. The van der Waals surface area contributed by atoms with Crippen LogP contribution in [0.4, 0.5) is 4.39 Å². The van der Waals surface area contributed by atoms with E-state index in [0.29, 0.717) is 0 Å². The fraction of sp³-hybridized carbons (Fsp3) is 0.500. The Morgan fingerprint density at radius 1 is 1.50 bits per heavy atom. The first-order valence-electron chi connectivity index (χ1n) is 5.41. The number of rotatable bonds is 3. The normalized spacial score (nSPS) is 24.9. The molecule has 0 saturated carbocycles. The van der Waals surface area contributed by atoms with Crippen molar-refractivity contribution in [3.8, 4) is 0 Å². The number of aliphatic hydroxyl groups is 1. The van der Waals surface area contributed by atoms with Crippen LogP contribution in [0.3, 0.4) is 0 Å². The number of hydrogen-bond donors (Lipinski definition) is 2. The number of aliphatic hydroxyl groups excluding tert-OH is 1. The Labute approximate surface area is 99.4 Å². The monoisotopic (exact) mass is 243 g/mol. The van der Waals surface area contributed by atoms with Crippen LogP contribution in [0.5, 0.6) is 0 Å². The second-order valence-electron chi connectivity index (χ2n) is 4.51. The number of hydrogen-bond acceptors (Lipinski definition) is 2. The second kappa shape index (κ2) is 4.70. The van der Waals surface area contributed by atoms with E-state index in [4.69, 9.17) is 11.6 Å². The van der Waals surface area contributed by atoms with Gasteiger partial charge in [-0.3, -0.25) is 0 Å². The summed E-state index contributed by atoms with van der Waals surface area (Å²) < 4.78 is 13.0. The van der Waals surface area contributed by atoms with Gasteiger partial charge in [-0.1, -0.05) is 17.7 Å². The van der Waals surface area contributed by atoms with Gasteiger partial charge in [0.25, 0.3) is 0 Å². The smallest absolute Gasteiger partial charge is 0.141 e. The highest BCUT2D eigenvalue weighted by Crippen LogP contribution is 2.30. The zero-order valence-electron chi connectivity index (χ0n) is 8.97. The average molecular weight is 244 g/mol. The lowest BCUT2D eigenvalue weighted by molar-refractivity contribution is 0.143. The van der Waals surface area contributed by atoms with Gasteiger partial charge in [0.05, 0.1) is 11.6 Å². The molecule has 0 aromatic heterocycles. The van der Waals surface area contributed by atoms with Gasteiger partial charge < -0.3 is 10.4 Å². The molecule has 1 aliphatic heterocycles. The van der Waals surface area contributed by atoms with Crippen LogP contribution in [0.2, 0.25) is 5.02 Å². The number of halogens is 2. The van der Waals surface area contributed by atoms with E-state index in [9.17, 15) is 9.50 Å². The Hall–Kier alpha value is -0.640. The molecule has 1 aromatic rings. The first kappa shape index (κ1) is 11.8. The van der Waals surface area contributed by atoms with Crippen molar-refractivity contribution in [2.45, 2.75) is 12.8 Å². The number of benzene rings is 1. The second-order valence-corrected chi connectivity index (χ2v) is 4.92. The van der Waals surface area contributed by atoms with E-state index in [0.717, 1.165) is 31.5 Å². The maximum atomic E-state index is 13.0. The third-order valence-corrected chi connectivity index (χ3v) is 3.52. The van der Waals surface area contributed by atoms with Crippen LogP contribution in [0.1, 0.15) is 12.0 Å². The largest absolute Gasteiger partial charge is 0.396 e. The van der Waals surface area contributed by atoms with Gasteiger partial charge in [-0.05, 0) is 37.1 Å². The van der Waals surface area contributed by atoms with Gasteiger partial charge in [-0.2, -0.15) is 0 Å². The minimum atomic E-state index is -0.395. The van der Waals surface area contributed by atoms with Crippen LogP contribution in [0.25, 0.3) is 0 Å². The molecule has 1 saturated heterocycles. The highest BCUT2D eigenvalue weighted by Gasteiger charge is 2.33. The maximum absolute atomic E-state index is 13.0. The molecule has 0 bridgehead atoms. The molecule has 0 aliphatic carbocycles. The van der Waals surface area contributed by atoms with Crippen molar-refractivity contribution in [1.82, 2.24) is 5.32 Å². The van der Waals surface area contributed by atoms with Crippen LogP contribution >= 0.6 is 11.6 Å². The topological polar surface area (TPSA) is 32.3 Å². The molecule has 1 heterocycles. The fourth-order valence-electron chi connectivity index (χ4n) is 2.22. The minimum absolute atomic E-state index is 0.110. The Morgan fingerprint density at radius 3 is 2.88 bits per heavy atom. The molecule has 1 unspecified atom stereocenters. The molecule has 1 aliphatic rings. The summed E-state index contributed by atoms with van der Waals surface area (Å²) in [4.78, 5) is 0. The van der Waals surface area contributed by atoms with E-state index in [1.54, 1.807) is 12.1 Å². The van der Waals surface area contributed by atoms with E-state index in [2.05, 4.69) is 5.32 Å². The third-order valence-electron chi connectivity index (χ3n) is 3.23. The van der Waals surface area contributed by atoms with E-state index in [1.807, 2.05) is 0 Å². The summed E-state index contributed by atoms with van der Waals surface area (Å²) in [5.74, 6) is -0.395. The summed E-state index contributed by atoms with van der Waals surface area (Å²) in [7, 11) is 0. The highest BCUT2D eigenvalue weighted by atomic mass is 35.5. The Bertz CT molecular complexity index is 377. The molecule has 2 rings (SSSR count). The standard InChI is InChI=1S/C12H15ClFNO/c13-10-5-9(1-2-11(10)14)6-12(8-16)3-4-15-7-12/h1-2,5,15-16H,3-4,6-8H2. The Balaban J connectivity index is 2.16. The van der Waals surface area contributed by atoms with Crippen LogP contribution < -0.4 is 5.32 Å². The zero-order valence-corrected chi connectivity index (χ0v) is 9.73. The van der Waals surface area contributed by atoms with Gasteiger partial charge in [0.2, 0.25) is 0 Å². The van der Waals surface area contributed by atoms with Crippen molar-refractivity contribution in [2.24, 2.45) is 5.41 Å². The predicted octanol–water partition coefficient (Wildman–Crippen LogP) is 1.99. The maximum Gasteiger partial charge on any atom is 0.141 e. The summed E-state index contributed by atoms with van der Waals surface area (Å²) in [5.41, 5.74) is 0.866. The zero-order chi connectivity index (χ0) is 11.6. The molecular weight excluding hydrogens is 229 g/mol. The summed E-state index contributed by atoms with van der Waals surface area (Å²) in [6.45, 7) is 1.88. The molecule has 1 atom stereocenters. The summed E-state index contributed by atoms with van der Waals surface area (Å²) >= 11 is 5.73. The lowest BCUT2D eigenvalue weighted by Crippen LogP contribution is -2.30. The van der Waals surface area contributed by atoms with Crippen molar-refractivity contribution in [3.63, 3.8) is 0 Å². The fourth-order valence-corrected chi connectivity index (χ4v) is 2.42. The molecule has 0 radical (unpaired) electrons. The lowest BCUT2D eigenvalue weighted by Gasteiger charge is -2.25. The molecule has 1 aromatic carbocycles. The highest BCUT2D eigenvalue weighted by molar-refractivity contribution is 6.30. The quantitative estimate of drug-likeness (QED) is 0.851. The van der Waals surface area contributed by atoms with Crippen LogP contribution in [0, 0.1) is 11.2 Å². The molecule has 1 fully saturated rings. The molecule has 2 nitrogen and oxygen atoms in total. The van der Waals surface area contributed by atoms with Crippen molar-refractivity contribution < 1.29 is 9.50 Å². The third kappa shape index (κ3) is 2.37. The molecular formula is C12H15ClFNO. The molecule has 0 spiro atoms. The SMILES string of the molecule is OCC1(Cc2ccc(F)c(Cl)c2)CCNC1. The molecule has 88 valence electrons. The van der Waals surface area contributed by atoms with Crippen molar-refractivity contribution in [3.05, 3.63) is 34.6 Å². The van der Waals surface area contributed by atoms with E-state index >= 15 is 0 Å². The van der Waals surface area contributed by atoms with Gasteiger partial charge in [-0.15, -0.1) is 0 Å². The molecule has 0 amide bonds. The van der Waals surface area contributed by atoms with E-state index in [-0.39, 0.29) is 17.0 Å². The Morgan fingerprint density at radius 2 is 2.31 bits per heavy atom. The van der Waals surface area contributed by atoms with Crippen molar-refractivity contribution >= 4 is 11.6 Å². The predicted molar refractivity (Wildman–Crippen MR) is 62.1 cm³/mol. The Kier molecular flexibility index (Phi) is 3.47. The lowest BCUT2D eigenvalue weighted by atomic mass is 9.82. The van der Waals surface area contributed by atoms with Gasteiger partial charge in [0, 0.05) is 12.0 Å². The summed E-state index contributed by atoms with van der Waals surface area (Å²) in [6.07, 6.45) is 1.68. The van der Waals surface area contributed by atoms with E-state index < -0.39 is 5.82 Å². The minimum Gasteiger partial charge on any atom is -0.396 e. The van der Waals surface area contributed by atoms with Gasteiger partial charge in [-0.25, -0.2) is 4.39 Å². The average Bonchev–Trinajstić information content (AvgIpc) is 2.73. The summed E-state index contributed by atoms with van der Waals surface area (Å²) in [5, 5.41) is 12.8. The van der Waals surface area contributed by atoms with Gasteiger partial charge in [0.15, 0.2) is 0 Å². The van der Waals surface area contributed by atoms with Gasteiger partial charge in [0.1, 0.15) is 5.82 Å². The van der Waals surface area contributed by atoms with E-state index in [1.165, 1.54) is 6.07 Å². The van der Waals surface area contributed by atoms with Crippen LogP contribution in [-0.4, -0.2) is 24.8 Å². The van der Waals surface area contributed by atoms with Crippen LogP contribution in [-0.2, 0) is 6.42 Å². The summed E-state index contributed by atoms with van der Waals surface area (Å²) in [6, 6.07) is 4.76. The molecule has 2 N–H and O–H groups in total. The van der Waals surface area contributed by atoms with Crippen LogP contribution in [0.15, 0.2) is 18.2 Å².